The maximum Gasteiger partial charge on any atom is 0.301 e. The van der Waals surface area contributed by atoms with Gasteiger partial charge in [-0.25, -0.2) is 0 Å². The summed E-state index contributed by atoms with van der Waals surface area (Å²) in [4.78, 5) is 0. The summed E-state index contributed by atoms with van der Waals surface area (Å²) in [6.45, 7) is 3.18. The van der Waals surface area contributed by atoms with E-state index in [0.29, 0.717) is 29.7 Å². The summed E-state index contributed by atoms with van der Waals surface area (Å²) in [7, 11) is -3.53. The van der Waals surface area contributed by atoms with E-state index in [9.17, 15) is 8.42 Å². The van der Waals surface area contributed by atoms with Crippen LogP contribution in [0.15, 0.2) is 22.7 Å². The first-order valence-corrected chi connectivity index (χ1v) is 8.72. The fourth-order valence-electron chi connectivity index (χ4n) is 2.14. The molecule has 1 N–H and O–H groups in total. The molecule has 1 aromatic rings. The minimum Gasteiger partial charge on any atom is -0.269 e. The van der Waals surface area contributed by atoms with Crippen LogP contribution < -0.4 is 4.72 Å². The highest BCUT2D eigenvalue weighted by Crippen LogP contribution is 2.28. The lowest BCUT2D eigenvalue weighted by molar-refractivity contribution is 0.282. The van der Waals surface area contributed by atoms with Crippen LogP contribution in [0.4, 0.5) is 5.69 Å². The summed E-state index contributed by atoms with van der Waals surface area (Å²) >= 11 is 9.31. The van der Waals surface area contributed by atoms with Crippen LogP contribution in [-0.2, 0) is 10.2 Å². The van der Waals surface area contributed by atoms with Gasteiger partial charge in [0.15, 0.2) is 0 Å². The third-order valence-corrected chi connectivity index (χ3v) is 5.44. The number of anilines is 1. The number of rotatable bonds is 3. The fourth-order valence-corrected chi connectivity index (χ4v) is 4.12. The summed E-state index contributed by atoms with van der Waals surface area (Å²) in [6.07, 6.45) is 1.97. The molecule has 0 radical (unpaired) electrons. The molecule has 1 atom stereocenters. The van der Waals surface area contributed by atoms with Gasteiger partial charge in [-0.05, 0) is 37.0 Å². The molecule has 1 aromatic carbocycles. The molecule has 7 heteroatoms. The smallest absolute Gasteiger partial charge is 0.269 e. The monoisotopic (exact) mass is 366 g/mol. The van der Waals surface area contributed by atoms with Crippen molar-refractivity contribution in [3.63, 3.8) is 0 Å². The summed E-state index contributed by atoms with van der Waals surface area (Å²) in [6, 6.07) is 5.08. The molecule has 4 nitrogen and oxygen atoms in total. The maximum absolute atomic E-state index is 12.3. The maximum atomic E-state index is 12.3. The molecule has 0 spiro atoms. The highest BCUT2D eigenvalue weighted by Gasteiger charge is 2.27. The predicted molar refractivity (Wildman–Crippen MR) is 81.7 cm³/mol. The van der Waals surface area contributed by atoms with Crippen LogP contribution in [-0.4, -0.2) is 25.8 Å². The van der Waals surface area contributed by atoms with Gasteiger partial charge in [0.25, 0.3) is 0 Å². The zero-order valence-corrected chi connectivity index (χ0v) is 13.7. The highest BCUT2D eigenvalue weighted by molar-refractivity contribution is 9.10. The molecule has 1 aliphatic rings. The molecule has 0 bridgehead atoms. The van der Waals surface area contributed by atoms with Crippen LogP contribution in [0.25, 0.3) is 0 Å². The van der Waals surface area contributed by atoms with Gasteiger partial charge in [-0.15, -0.1) is 0 Å². The number of hydrogen-bond donors (Lipinski definition) is 1. The van der Waals surface area contributed by atoms with E-state index in [0.717, 1.165) is 17.3 Å². The third-order valence-electron chi connectivity index (χ3n) is 3.13. The Morgan fingerprint density at radius 1 is 1.47 bits per heavy atom. The second kappa shape index (κ2) is 5.99. The Kier molecular flexibility index (Phi) is 4.76. The molecule has 0 aromatic heterocycles. The van der Waals surface area contributed by atoms with E-state index < -0.39 is 10.2 Å². The number of hydrogen-bond acceptors (Lipinski definition) is 2. The number of nitrogens with zero attached hydrogens (tertiary/aromatic N) is 1. The van der Waals surface area contributed by atoms with Crippen molar-refractivity contribution in [2.75, 3.05) is 17.8 Å². The van der Waals surface area contributed by atoms with E-state index in [1.165, 1.54) is 4.31 Å². The molecule has 1 fully saturated rings. The van der Waals surface area contributed by atoms with Gasteiger partial charge in [0.05, 0.1) is 10.7 Å². The van der Waals surface area contributed by atoms with Gasteiger partial charge in [-0.1, -0.05) is 34.5 Å². The van der Waals surface area contributed by atoms with E-state index >= 15 is 0 Å². The second-order valence-electron chi connectivity index (χ2n) is 4.84. The summed E-state index contributed by atoms with van der Waals surface area (Å²) in [5, 5.41) is 0.386. The standard InChI is InChI=1S/C12H16BrClN2O2S/c1-9-3-2-6-16(8-9)19(17,18)15-12-7-10(13)4-5-11(12)14/h4-5,7,9,15H,2-3,6,8H2,1H3. The molecule has 106 valence electrons. The molecule has 0 aliphatic carbocycles. The first-order chi connectivity index (χ1) is 8.88. The Balaban J connectivity index is 2.18. The summed E-state index contributed by atoms with van der Waals surface area (Å²) < 4.78 is 29.4. The Morgan fingerprint density at radius 3 is 2.89 bits per heavy atom. The molecule has 2 rings (SSSR count). The SMILES string of the molecule is CC1CCCN(S(=O)(=O)Nc2cc(Br)ccc2Cl)C1. The first kappa shape index (κ1) is 15.1. The average molecular weight is 368 g/mol. The Morgan fingerprint density at radius 2 is 2.21 bits per heavy atom. The normalized spacial score (nSPS) is 21.3. The molecule has 19 heavy (non-hydrogen) atoms. The van der Waals surface area contributed by atoms with Crippen molar-refractivity contribution in [3.8, 4) is 0 Å². The predicted octanol–water partition coefficient (Wildman–Crippen LogP) is 3.49. The van der Waals surface area contributed by atoms with Gasteiger partial charge in [0.2, 0.25) is 0 Å². The number of benzene rings is 1. The zero-order chi connectivity index (χ0) is 14.0. The Bertz CT molecular complexity index is 565. The van der Waals surface area contributed by atoms with Crippen molar-refractivity contribution in [1.29, 1.82) is 0 Å². The van der Waals surface area contributed by atoms with Crippen molar-refractivity contribution >= 4 is 43.4 Å². The van der Waals surface area contributed by atoms with Gasteiger partial charge >= 0.3 is 10.2 Å². The topological polar surface area (TPSA) is 49.4 Å². The van der Waals surface area contributed by atoms with Crippen molar-refractivity contribution in [2.45, 2.75) is 19.8 Å². The van der Waals surface area contributed by atoms with Gasteiger partial charge in [0.1, 0.15) is 0 Å². The highest BCUT2D eigenvalue weighted by atomic mass is 79.9. The molecule has 0 saturated carbocycles. The number of halogens is 2. The van der Waals surface area contributed by atoms with Gasteiger partial charge in [-0.3, -0.25) is 4.72 Å². The average Bonchev–Trinajstić information content (AvgIpc) is 2.33. The Hall–Kier alpha value is -0.300. The molecule has 0 amide bonds. The lowest BCUT2D eigenvalue weighted by Gasteiger charge is -2.30. The van der Waals surface area contributed by atoms with Gasteiger partial charge in [0, 0.05) is 17.6 Å². The molecular weight excluding hydrogens is 352 g/mol. The lowest BCUT2D eigenvalue weighted by Crippen LogP contribution is -2.42. The minimum atomic E-state index is -3.53. The zero-order valence-electron chi connectivity index (χ0n) is 10.6. The van der Waals surface area contributed by atoms with Crippen molar-refractivity contribution in [1.82, 2.24) is 4.31 Å². The molecular formula is C12H16BrClN2O2S. The molecule has 1 unspecified atom stereocenters. The molecule has 1 heterocycles. The summed E-state index contributed by atoms with van der Waals surface area (Å²) in [5.74, 6) is 0.392. The van der Waals surface area contributed by atoms with E-state index in [4.69, 9.17) is 11.6 Å². The van der Waals surface area contributed by atoms with Gasteiger partial charge < -0.3 is 0 Å². The quantitative estimate of drug-likeness (QED) is 0.889. The van der Waals surface area contributed by atoms with E-state index in [1.54, 1.807) is 18.2 Å². The van der Waals surface area contributed by atoms with Crippen LogP contribution in [0.1, 0.15) is 19.8 Å². The molecule has 1 aliphatic heterocycles. The number of piperidine rings is 1. The lowest BCUT2D eigenvalue weighted by atomic mass is 10.0. The third kappa shape index (κ3) is 3.84. The van der Waals surface area contributed by atoms with E-state index in [-0.39, 0.29) is 0 Å². The van der Waals surface area contributed by atoms with Crippen LogP contribution >= 0.6 is 27.5 Å². The van der Waals surface area contributed by atoms with Crippen molar-refractivity contribution in [2.24, 2.45) is 5.92 Å². The molecule has 1 saturated heterocycles. The van der Waals surface area contributed by atoms with Crippen LogP contribution in [0.2, 0.25) is 5.02 Å². The largest absolute Gasteiger partial charge is 0.301 e. The van der Waals surface area contributed by atoms with Crippen LogP contribution in [0, 0.1) is 5.92 Å². The van der Waals surface area contributed by atoms with Crippen LogP contribution in [0.5, 0.6) is 0 Å². The minimum absolute atomic E-state index is 0.386. The fraction of sp³-hybridized carbons (Fsp3) is 0.500. The summed E-state index contributed by atoms with van der Waals surface area (Å²) in [5.41, 5.74) is 0.397. The van der Waals surface area contributed by atoms with E-state index in [1.807, 2.05) is 0 Å². The first-order valence-electron chi connectivity index (χ1n) is 6.11. The van der Waals surface area contributed by atoms with E-state index in [2.05, 4.69) is 27.6 Å². The van der Waals surface area contributed by atoms with Crippen molar-refractivity contribution < 1.29 is 8.42 Å². The number of nitrogens with one attached hydrogen (secondary N) is 1. The Labute approximate surface area is 127 Å². The van der Waals surface area contributed by atoms with Gasteiger partial charge in [-0.2, -0.15) is 12.7 Å². The van der Waals surface area contributed by atoms with Crippen LogP contribution in [0.3, 0.4) is 0 Å². The van der Waals surface area contributed by atoms with Crippen molar-refractivity contribution in [3.05, 3.63) is 27.7 Å². The second-order valence-corrected chi connectivity index (χ2v) is 7.83.